The number of amides is 1. The van der Waals surface area contributed by atoms with Crippen LogP contribution in [0.2, 0.25) is 0 Å². The van der Waals surface area contributed by atoms with Crippen LogP contribution in [0.15, 0.2) is 18.2 Å². The fraction of sp³-hybridized carbons (Fsp3) is 0.500. The lowest BCUT2D eigenvalue weighted by Gasteiger charge is -2.34. The molecule has 3 N–H and O–H groups in total. The summed E-state index contributed by atoms with van der Waals surface area (Å²) in [5, 5.41) is 15.7. The lowest BCUT2D eigenvalue weighted by molar-refractivity contribution is -0.126. The van der Waals surface area contributed by atoms with Gasteiger partial charge in [-0.05, 0) is 17.7 Å². The fourth-order valence-electron chi connectivity index (χ4n) is 2.43. The first kappa shape index (κ1) is 14.6. The highest BCUT2D eigenvalue weighted by Crippen LogP contribution is 2.27. The van der Waals surface area contributed by atoms with Gasteiger partial charge in [-0.1, -0.05) is 6.07 Å². The van der Waals surface area contributed by atoms with E-state index in [2.05, 4.69) is 15.5 Å². The molecule has 1 atom stereocenters. The van der Waals surface area contributed by atoms with Gasteiger partial charge < -0.3 is 20.5 Å². The van der Waals surface area contributed by atoms with Gasteiger partial charge in [0.25, 0.3) is 0 Å². The molecule has 0 saturated carbocycles. The molecule has 0 aliphatic carbocycles. The molecule has 1 aromatic carbocycles. The van der Waals surface area contributed by atoms with Gasteiger partial charge in [-0.3, -0.25) is 9.69 Å². The standard InChI is InChI=1S/C14H21N3O3/c1-15-14(19)11-8-16-5-6-17(11)9-10-3-4-13(20-2)12(18)7-10/h3-4,7,11,16,18H,5-6,8-9H2,1-2H3,(H,15,19). The average Bonchev–Trinajstić information content (AvgIpc) is 2.47. The van der Waals surface area contributed by atoms with Crippen LogP contribution in [0.1, 0.15) is 5.56 Å². The molecule has 6 heteroatoms. The number of nitrogens with zero attached hydrogens (tertiary/aromatic N) is 1. The van der Waals surface area contributed by atoms with Crippen molar-refractivity contribution in [2.24, 2.45) is 0 Å². The minimum absolute atomic E-state index is 0.00920. The number of ether oxygens (including phenoxy) is 1. The van der Waals surface area contributed by atoms with Crippen molar-refractivity contribution < 1.29 is 14.6 Å². The Labute approximate surface area is 118 Å². The molecule has 1 amide bonds. The molecule has 1 fully saturated rings. The number of carbonyl (C=O) groups is 1. The number of piperazine rings is 1. The van der Waals surface area contributed by atoms with E-state index in [1.54, 1.807) is 19.2 Å². The predicted octanol–water partition coefficient (Wildman–Crippen LogP) is -0.0794. The lowest BCUT2D eigenvalue weighted by Crippen LogP contribution is -2.56. The van der Waals surface area contributed by atoms with Gasteiger partial charge in [0.15, 0.2) is 11.5 Å². The Hall–Kier alpha value is -1.79. The van der Waals surface area contributed by atoms with Crippen molar-refractivity contribution in [3.05, 3.63) is 23.8 Å². The molecule has 1 unspecified atom stereocenters. The predicted molar refractivity (Wildman–Crippen MR) is 75.8 cm³/mol. The molecule has 20 heavy (non-hydrogen) atoms. The Bertz CT molecular complexity index is 479. The third-order valence-electron chi connectivity index (χ3n) is 3.53. The largest absolute Gasteiger partial charge is 0.504 e. The van der Waals surface area contributed by atoms with Crippen molar-refractivity contribution >= 4 is 5.91 Å². The van der Waals surface area contributed by atoms with Gasteiger partial charge in [0, 0.05) is 33.2 Å². The van der Waals surface area contributed by atoms with E-state index in [-0.39, 0.29) is 17.7 Å². The summed E-state index contributed by atoms with van der Waals surface area (Å²) in [5.41, 5.74) is 0.958. The summed E-state index contributed by atoms with van der Waals surface area (Å²) in [7, 11) is 3.17. The van der Waals surface area contributed by atoms with E-state index in [1.807, 2.05) is 6.07 Å². The summed E-state index contributed by atoms with van der Waals surface area (Å²) in [5.74, 6) is 0.587. The summed E-state index contributed by atoms with van der Waals surface area (Å²) < 4.78 is 5.03. The zero-order valence-corrected chi connectivity index (χ0v) is 11.8. The summed E-state index contributed by atoms with van der Waals surface area (Å²) in [4.78, 5) is 14.0. The molecule has 6 nitrogen and oxygen atoms in total. The van der Waals surface area contributed by atoms with Crippen molar-refractivity contribution in [2.45, 2.75) is 12.6 Å². The van der Waals surface area contributed by atoms with E-state index in [0.29, 0.717) is 18.8 Å². The Morgan fingerprint density at radius 2 is 2.40 bits per heavy atom. The Morgan fingerprint density at radius 3 is 3.05 bits per heavy atom. The number of hydrogen-bond acceptors (Lipinski definition) is 5. The van der Waals surface area contributed by atoms with Crippen LogP contribution >= 0.6 is 0 Å². The van der Waals surface area contributed by atoms with Crippen LogP contribution < -0.4 is 15.4 Å². The first-order chi connectivity index (χ1) is 9.65. The molecule has 1 aliphatic rings. The number of likely N-dealkylation sites (N-methyl/N-ethyl adjacent to an activating group) is 1. The minimum atomic E-state index is -0.182. The highest BCUT2D eigenvalue weighted by atomic mass is 16.5. The number of nitrogens with one attached hydrogen (secondary N) is 2. The summed E-state index contributed by atoms with van der Waals surface area (Å²) in [6, 6.07) is 5.14. The van der Waals surface area contributed by atoms with Crippen LogP contribution in [0.4, 0.5) is 0 Å². The number of hydrogen-bond donors (Lipinski definition) is 3. The molecule has 1 aromatic rings. The molecule has 1 saturated heterocycles. The highest BCUT2D eigenvalue weighted by molar-refractivity contribution is 5.81. The topological polar surface area (TPSA) is 73.8 Å². The highest BCUT2D eigenvalue weighted by Gasteiger charge is 2.27. The first-order valence-corrected chi connectivity index (χ1v) is 6.68. The van der Waals surface area contributed by atoms with Gasteiger partial charge in [-0.25, -0.2) is 0 Å². The van der Waals surface area contributed by atoms with E-state index in [4.69, 9.17) is 4.74 Å². The number of carbonyl (C=O) groups excluding carboxylic acids is 1. The van der Waals surface area contributed by atoms with Gasteiger partial charge in [-0.2, -0.15) is 0 Å². The van der Waals surface area contributed by atoms with Crippen molar-refractivity contribution in [3.8, 4) is 11.5 Å². The summed E-state index contributed by atoms with van der Waals surface area (Å²) in [6.07, 6.45) is 0. The van der Waals surface area contributed by atoms with Crippen molar-refractivity contribution in [1.82, 2.24) is 15.5 Å². The number of benzene rings is 1. The zero-order chi connectivity index (χ0) is 14.5. The Balaban J connectivity index is 2.10. The third kappa shape index (κ3) is 3.20. The van der Waals surface area contributed by atoms with E-state index in [0.717, 1.165) is 18.7 Å². The number of phenols is 1. The summed E-state index contributed by atoms with van der Waals surface area (Å²) >= 11 is 0. The number of phenolic OH excluding ortho intramolecular Hbond substituents is 1. The maximum absolute atomic E-state index is 11.9. The second kappa shape index (κ2) is 6.58. The molecule has 1 aliphatic heterocycles. The molecule has 0 aromatic heterocycles. The lowest BCUT2D eigenvalue weighted by atomic mass is 10.1. The van der Waals surface area contributed by atoms with E-state index in [9.17, 15) is 9.90 Å². The van der Waals surface area contributed by atoms with Gasteiger partial charge in [0.2, 0.25) is 5.91 Å². The molecule has 1 heterocycles. The van der Waals surface area contributed by atoms with Gasteiger partial charge in [0.1, 0.15) is 6.04 Å². The molecule has 0 bridgehead atoms. The molecule has 0 radical (unpaired) electrons. The van der Waals surface area contributed by atoms with Crippen LogP contribution in [0.5, 0.6) is 11.5 Å². The number of aromatic hydroxyl groups is 1. The Kier molecular flexibility index (Phi) is 4.81. The third-order valence-corrected chi connectivity index (χ3v) is 3.53. The van der Waals surface area contributed by atoms with Crippen molar-refractivity contribution in [3.63, 3.8) is 0 Å². The quantitative estimate of drug-likeness (QED) is 0.719. The average molecular weight is 279 g/mol. The molecular formula is C14H21N3O3. The van der Waals surface area contributed by atoms with Crippen molar-refractivity contribution in [2.75, 3.05) is 33.8 Å². The second-order valence-corrected chi connectivity index (χ2v) is 4.81. The van der Waals surface area contributed by atoms with Gasteiger partial charge in [0.05, 0.1) is 7.11 Å². The monoisotopic (exact) mass is 279 g/mol. The normalized spacial score (nSPS) is 19.6. The molecular weight excluding hydrogens is 258 g/mol. The first-order valence-electron chi connectivity index (χ1n) is 6.68. The maximum atomic E-state index is 11.9. The van der Waals surface area contributed by atoms with Gasteiger partial charge >= 0.3 is 0 Å². The van der Waals surface area contributed by atoms with E-state index < -0.39 is 0 Å². The van der Waals surface area contributed by atoms with E-state index >= 15 is 0 Å². The van der Waals surface area contributed by atoms with Crippen molar-refractivity contribution in [1.29, 1.82) is 0 Å². The number of rotatable bonds is 4. The van der Waals surface area contributed by atoms with Crippen LogP contribution in [0.3, 0.4) is 0 Å². The van der Waals surface area contributed by atoms with Crippen LogP contribution in [0, 0.1) is 0 Å². The fourth-order valence-corrected chi connectivity index (χ4v) is 2.43. The van der Waals surface area contributed by atoms with Gasteiger partial charge in [-0.15, -0.1) is 0 Å². The SMILES string of the molecule is CNC(=O)C1CNCCN1Cc1ccc(OC)c(O)c1. The smallest absolute Gasteiger partial charge is 0.238 e. The van der Waals surface area contributed by atoms with Crippen LogP contribution in [-0.2, 0) is 11.3 Å². The molecule has 110 valence electrons. The van der Waals surface area contributed by atoms with E-state index in [1.165, 1.54) is 7.11 Å². The molecule has 2 rings (SSSR count). The second-order valence-electron chi connectivity index (χ2n) is 4.81. The zero-order valence-electron chi connectivity index (χ0n) is 11.8. The van der Waals surface area contributed by atoms with Crippen LogP contribution in [-0.4, -0.2) is 55.7 Å². The maximum Gasteiger partial charge on any atom is 0.238 e. The minimum Gasteiger partial charge on any atom is -0.504 e. The number of methoxy groups -OCH3 is 1. The molecule has 0 spiro atoms. The Morgan fingerprint density at radius 1 is 1.60 bits per heavy atom. The summed E-state index contributed by atoms with van der Waals surface area (Å²) in [6.45, 7) is 2.92. The van der Waals surface area contributed by atoms with Crippen LogP contribution in [0.25, 0.3) is 0 Å².